The smallest absolute Gasteiger partial charge is 0.223 e. The second-order valence-corrected chi connectivity index (χ2v) is 4.64. The molecule has 0 spiro atoms. The number of hydrogen-bond donors (Lipinski definition) is 2. The SMILES string of the molecule is C[C@@H](CO)NC(=O)CCOc1ccc(Cl)c(Cl)c1. The van der Waals surface area contributed by atoms with Crippen molar-refractivity contribution in [1.29, 1.82) is 0 Å². The quantitative estimate of drug-likeness (QED) is 0.845. The van der Waals surface area contributed by atoms with Crippen LogP contribution in [0.1, 0.15) is 13.3 Å². The Labute approximate surface area is 116 Å². The standard InChI is InChI=1S/C12H15Cl2NO3/c1-8(7-16)15-12(17)4-5-18-9-2-3-10(13)11(14)6-9/h2-3,6,8,16H,4-5,7H2,1H3,(H,15,17)/t8-/m0/s1. The van der Waals surface area contributed by atoms with Gasteiger partial charge in [0.2, 0.25) is 5.91 Å². The molecule has 1 atom stereocenters. The van der Waals surface area contributed by atoms with Gasteiger partial charge in [-0.25, -0.2) is 0 Å². The molecule has 0 saturated carbocycles. The lowest BCUT2D eigenvalue weighted by molar-refractivity contribution is -0.122. The summed E-state index contributed by atoms with van der Waals surface area (Å²) in [5.74, 6) is 0.393. The largest absolute Gasteiger partial charge is 0.493 e. The molecule has 0 aromatic heterocycles. The number of rotatable bonds is 6. The van der Waals surface area contributed by atoms with Gasteiger partial charge in [-0.05, 0) is 19.1 Å². The molecular formula is C12H15Cl2NO3. The lowest BCUT2D eigenvalue weighted by atomic mass is 10.3. The van der Waals surface area contributed by atoms with E-state index in [-0.39, 0.29) is 31.6 Å². The van der Waals surface area contributed by atoms with E-state index < -0.39 is 0 Å². The van der Waals surface area contributed by atoms with Crippen molar-refractivity contribution in [2.24, 2.45) is 0 Å². The van der Waals surface area contributed by atoms with Crippen molar-refractivity contribution >= 4 is 29.1 Å². The van der Waals surface area contributed by atoms with Crippen LogP contribution in [0, 0.1) is 0 Å². The van der Waals surface area contributed by atoms with E-state index in [1.54, 1.807) is 25.1 Å². The van der Waals surface area contributed by atoms with Gasteiger partial charge in [0.05, 0.1) is 29.7 Å². The lowest BCUT2D eigenvalue weighted by Crippen LogP contribution is -2.35. The molecule has 4 nitrogen and oxygen atoms in total. The van der Waals surface area contributed by atoms with Gasteiger partial charge in [0.25, 0.3) is 0 Å². The fraction of sp³-hybridized carbons (Fsp3) is 0.417. The van der Waals surface area contributed by atoms with Crippen LogP contribution in [0.4, 0.5) is 0 Å². The van der Waals surface area contributed by atoms with E-state index in [1.165, 1.54) is 0 Å². The van der Waals surface area contributed by atoms with Crippen molar-refractivity contribution in [3.8, 4) is 5.75 Å². The second kappa shape index (κ2) is 7.46. The normalized spacial score (nSPS) is 12.0. The fourth-order valence-corrected chi connectivity index (χ4v) is 1.51. The number of benzene rings is 1. The lowest BCUT2D eigenvalue weighted by Gasteiger charge is -2.11. The van der Waals surface area contributed by atoms with Crippen molar-refractivity contribution in [2.75, 3.05) is 13.2 Å². The van der Waals surface area contributed by atoms with Gasteiger partial charge in [-0.3, -0.25) is 4.79 Å². The first-order valence-corrected chi connectivity index (χ1v) is 6.26. The molecule has 1 rings (SSSR count). The zero-order chi connectivity index (χ0) is 13.5. The van der Waals surface area contributed by atoms with Crippen LogP contribution in [-0.2, 0) is 4.79 Å². The summed E-state index contributed by atoms with van der Waals surface area (Å²) in [5, 5.41) is 12.3. The molecule has 1 aromatic carbocycles. The maximum absolute atomic E-state index is 11.4. The summed E-state index contributed by atoms with van der Waals surface area (Å²) in [5.41, 5.74) is 0. The number of halogens is 2. The second-order valence-electron chi connectivity index (χ2n) is 3.83. The van der Waals surface area contributed by atoms with Gasteiger partial charge >= 0.3 is 0 Å². The van der Waals surface area contributed by atoms with Crippen molar-refractivity contribution in [2.45, 2.75) is 19.4 Å². The van der Waals surface area contributed by atoms with E-state index >= 15 is 0 Å². The number of amides is 1. The highest BCUT2D eigenvalue weighted by Crippen LogP contribution is 2.26. The number of carbonyl (C=O) groups is 1. The third-order valence-electron chi connectivity index (χ3n) is 2.17. The van der Waals surface area contributed by atoms with Gasteiger partial charge in [-0.1, -0.05) is 23.2 Å². The van der Waals surface area contributed by atoms with E-state index in [4.69, 9.17) is 33.0 Å². The first kappa shape index (κ1) is 15.1. The Morgan fingerprint density at radius 1 is 1.44 bits per heavy atom. The predicted octanol–water partition coefficient (Wildman–Crippen LogP) is 2.26. The summed E-state index contributed by atoms with van der Waals surface area (Å²) in [6, 6.07) is 4.66. The van der Waals surface area contributed by atoms with E-state index in [0.717, 1.165) is 0 Å². The van der Waals surface area contributed by atoms with Crippen molar-refractivity contribution in [3.05, 3.63) is 28.2 Å². The molecule has 0 bridgehead atoms. The predicted molar refractivity (Wildman–Crippen MR) is 71.3 cm³/mol. The summed E-state index contributed by atoms with van der Waals surface area (Å²) in [6.07, 6.45) is 0.213. The highest BCUT2D eigenvalue weighted by molar-refractivity contribution is 6.42. The summed E-state index contributed by atoms with van der Waals surface area (Å²) < 4.78 is 5.36. The van der Waals surface area contributed by atoms with Crippen molar-refractivity contribution in [1.82, 2.24) is 5.32 Å². The number of carbonyl (C=O) groups excluding carboxylic acids is 1. The average Bonchev–Trinajstić information content (AvgIpc) is 2.33. The molecule has 0 radical (unpaired) electrons. The van der Waals surface area contributed by atoms with E-state index in [1.807, 2.05) is 0 Å². The first-order chi connectivity index (χ1) is 8.52. The minimum Gasteiger partial charge on any atom is -0.493 e. The third kappa shape index (κ3) is 5.12. The Morgan fingerprint density at radius 3 is 2.78 bits per heavy atom. The maximum atomic E-state index is 11.4. The molecule has 2 N–H and O–H groups in total. The van der Waals surface area contributed by atoms with Gasteiger partial charge in [0, 0.05) is 12.1 Å². The van der Waals surface area contributed by atoms with Crippen LogP contribution < -0.4 is 10.1 Å². The van der Waals surface area contributed by atoms with Crippen molar-refractivity contribution < 1.29 is 14.6 Å². The van der Waals surface area contributed by atoms with Crippen LogP contribution in [0.15, 0.2) is 18.2 Å². The van der Waals surface area contributed by atoms with E-state index in [2.05, 4.69) is 5.32 Å². The van der Waals surface area contributed by atoms with E-state index in [0.29, 0.717) is 15.8 Å². The van der Waals surface area contributed by atoms with Gasteiger partial charge in [0.1, 0.15) is 5.75 Å². The van der Waals surface area contributed by atoms with Crippen LogP contribution in [0.2, 0.25) is 10.0 Å². The first-order valence-electron chi connectivity index (χ1n) is 5.51. The monoisotopic (exact) mass is 291 g/mol. The molecule has 0 heterocycles. The highest BCUT2D eigenvalue weighted by Gasteiger charge is 2.06. The molecule has 0 aliphatic heterocycles. The van der Waals surface area contributed by atoms with Gasteiger partial charge in [-0.2, -0.15) is 0 Å². The van der Waals surface area contributed by atoms with Crippen LogP contribution >= 0.6 is 23.2 Å². The molecular weight excluding hydrogens is 277 g/mol. The molecule has 0 fully saturated rings. The van der Waals surface area contributed by atoms with Gasteiger partial charge in [-0.15, -0.1) is 0 Å². The summed E-state index contributed by atoms with van der Waals surface area (Å²) in [4.78, 5) is 11.4. The molecule has 100 valence electrons. The Kier molecular flexibility index (Phi) is 6.25. The highest BCUT2D eigenvalue weighted by atomic mass is 35.5. The Hall–Kier alpha value is -0.970. The van der Waals surface area contributed by atoms with Crippen LogP contribution in [-0.4, -0.2) is 30.3 Å². The zero-order valence-electron chi connectivity index (χ0n) is 9.95. The topological polar surface area (TPSA) is 58.6 Å². The van der Waals surface area contributed by atoms with Crippen LogP contribution in [0.25, 0.3) is 0 Å². The molecule has 6 heteroatoms. The van der Waals surface area contributed by atoms with Gasteiger partial charge < -0.3 is 15.2 Å². The zero-order valence-corrected chi connectivity index (χ0v) is 11.5. The van der Waals surface area contributed by atoms with Gasteiger partial charge in [0.15, 0.2) is 0 Å². The molecule has 0 aliphatic carbocycles. The molecule has 1 amide bonds. The third-order valence-corrected chi connectivity index (χ3v) is 2.91. The molecule has 18 heavy (non-hydrogen) atoms. The number of aliphatic hydroxyl groups excluding tert-OH is 1. The molecule has 0 unspecified atom stereocenters. The molecule has 0 saturated heterocycles. The van der Waals surface area contributed by atoms with E-state index in [9.17, 15) is 4.79 Å². The number of hydrogen-bond acceptors (Lipinski definition) is 3. The Morgan fingerprint density at radius 2 is 2.17 bits per heavy atom. The fourth-order valence-electron chi connectivity index (χ4n) is 1.22. The maximum Gasteiger partial charge on any atom is 0.223 e. The molecule has 0 aliphatic rings. The Balaban J connectivity index is 2.33. The molecule has 1 aromatic rings. The number of nitrogens with one attached hydrogen (secondary N) is 1. The minimum absolute atomic E-state index is 0.0839. The summed E-state index contributed by atoms with van der Waals surface area (Å²) in [6.45, 7) is 1.87. The minimum atomic E-state index is -0.248. The number of ether oxygens (including phenoxy) is 1. The summed E-state index contributed by atoms with van der Waals surface area (Å²) >= 11 is 11.6. The number of aliphatic hydroxyl groups is 1. The van der Waals surface area contributed by atoms with Crippen molar-refractivity contribution in [3.63, 3.8) is 0 Å². The Bertz CT molecular complexity index is 412. The average molecular weight is 292 g/mol. The van der Waals surface area contributed by atoms with Crippen LogP contribution in [0.5, 0.6) is 5.75 Å². The summed E-state index contributed by atoms with van der Waals surface area (Å²) in [7, 11) is 0. The van der Waals surface area contributed by atoms with Crippen LogP contribution in [0.3, 0.4) is 0 Å².